The molecule has 0 spiro atoms. The van der Waals surface area contributed by atoms with E-state index in [0.717, 1.165) is 0 Å². The molecule has 0 aliphatic rings. The molecule has 3 aromatic carbocycles. The number of phenols is 1. The fourth-order valence-corrected chi connectivity index (χ4v) is 3.49. The highest BCUT2D eigenvalue weighted by atomic mass is 32.2. The Morgan fingerprint density at radius 3 is 1.52 bits per heavy atom. The Balaban J connectivity index is 1.81. The van der Waals surface area contributed by atoms with Gasteiger partial charge in [0.2, 0.25) is 9.84 Å². The topological polar surface area (TPSA) is 72.8 Å². The average molecular weight is 356 g/mol. The molecular weight excluding hydrogens is 340 g/mol. The summed E-state index contributed by atoms with van der Waals surface area (Å²) < 4.78 is 35.9. The second-order valence-corrected chi connectivity index (χ2v) is 7.20. The summed E-state index contributed by atoms with van der Waals surface area (Å²) in [5, 5.41) is 9.26. The van der Waals surface area contributed by atoms with Crippen molar-refractivity contribution in [2.45, 2.75) is 9.79 Å². The second-order valence-electron chi connectivity index (χ2n) is 5.25. The van der Waals surface area contributed by atoms with Crippen molar-refractivity contribution >= 4 is 9.84 Å². The van der Waals surface area contributed by atoms with Gasteiger partial charge >= 0.3 is 0 Å². The lowest BCUT2D eigenvalue weighted by Crippen LogP contribution is -2.01. The molecule has 0 atom stereocenters. The predicted molar refractivity (Wildman–Crippen MR) is 93.1 cm³/mol. The summed E-state index contributed by atoms with van der Waals surface area (Å²) in [5.41, 5.74) is 0. The Hall–Kier alpha value is -2.99. The zero-order chi connectivity index (χ0) is 17.9. The Bertz CT molecular complexity index is 944. The zero-order valence-electron chi connectivity index (χ0n) is 13.4. The number of benzene rings is 3. The van der Waals surface area contributed by atoms with Gasteiger partial charge < -0.3 is 14.6 Å². The lowest BCUT2D eigenvalue weighted by molar-refractivity contribution is 0.414. The summed E-state index contributed by atoms with van der Waals surface area (Å²) in [4.78, 5) is 0.372. The van der Waals surface area contributed by atoms with Crippen molar-refractivity contribution in [3.8, 4) is 23.0 Å². The van der Waals surface area contributed by atoms with Gasteiger partial charge in [0, 0.05) is 0 Å². The van der Waals surface area contributed by atoms with Crippen LogP contribution in [-0.4, -0.2) is 20.6 Å². The Morgan fingerprint density at radius 2 is 1.08 bits per heavy atom. The first-order valence-electron chi connectivity index (χ1n) is 7.45. The van der Waals surface area contributed by atoms with Crippen LogP contribution in [0.15, 0.2) is 82.6 Å². The number of rotatable bonds is 5. The lowest BCUT2D eigenvalue weighted by atomic mass is 10.3. The van der Waals surface area contributed by atoms with Crippen molar-refractivity contribution in [2.24, 2.45) is 0 Å². The zero-order valence-corrected chi connectivity index (χ0v) is 14.2. The molecule has 25 heavy (non-hydrogen) atoms. The van der Waals surface area contributed by atoms with E-state index >= 15 is 0 Å². The molecule has 0 radical (unpaired) electrons. The number of hydrogen-bond donors (Lipinski definition) is 1. The van der Waals surface area contributed by atoms with Gasteiger partial charge in [-0.2, -0.15) is 0 Å². The van der Waals surface area contributed by atoms with Crippen LogP contribution in [0.2, 0.25) is 0 Å². The Morgan fingerprint density at radius 1 is 0.680 bits per heavy atom. The third-order valence-corrected chi connectivity index (χ3v) is 5.36. The molecule has 0 aliphatic carbocycles. The first kappa shape index (κ1) is 16.9. The number of sulfone groups is 1. The highest BCUT2D eigenvalue weighted by Crippen LogP contribution is 2.27. The maximum atomic E-state index is 12.6. The second kappa shape index (κ2) is 6.86. The molecule has 0 unspecified atom stereocenters. The van der Waals surface area contributed by atoms with Crippen molar-refractivity contribution in [1.29, 1.82) is 0 Å². The summed E-state index contributed by atoms with van der Waals surface area (Å²) in [6.07, 6.45) is 0. The number of methoxy groups -OCH3 is 1. The molecule has 5 nitrogen and oxygen atoms in total. The van der Waals surface area contributed by atoms with E-state index < -0.39 is 9.84 Å². The summed E-state index contributed by atoms with van der Waals surface area (Å²) in [7, 11) is -2.08. The van der Waals surface area contributed by atoms with E-state index in [1.807, 2.05) is 0 Å². The van der Waals surface area contributed by atoms with Gasteiger partial charge in [0.25, 0.3) is 0 Å². The molecule has 0 saturated carbocycles. The molecule has 0 aromatic heterocycles. The lowest BCUT2D eigenvalue weighted by Gasteiger charge is -2.08. The fraction of sp³-hybridized carbons (Fsp3) is 0.0526. The van der Waals surface area contributed by atoms with Crippen LogP contribution in [0.4, 0.5) is 0 Å². The first-order chi connectivity index (χ1) is 12.0. The first-order valence-corrected chi connectivity index (χ1v) is 8.93. The van der Waals surface area contributed by atoms with Crippen LogP contribution >= 0.6 is 0 Å². The van der Waals surface area contributed by atoms with Gasteiger partial charge in [-0.3, -0.25) is 0 Å². The van der Waals surface area contributed by atoms with Gasteiger partial charge in [-0.15, -0.1) is 0 Å². The van der Waals surface area contributed by atoms with E-state index in [4.69, 9.17) is 9.47 Å². The fourth-order valence-electron chi connectivity index (χ4n) is 2.23. The minimum absolute atomic E-state index is 0.147. The van der Waals surface area contributed by atoms with Crippen molar-refractivity contribution in [3.63, 3.8) is 0 Å². The van der Waals surface area contributed by atoms with Crippen molar-refractivity contribution in [3.05, 3.63) is 72.8 Å². The van der Waals surface area contributed by atoms with Crippen LogP contribution < -0.4 is 9.47 Å². The summed E-state index contributed by atoms with van der Waals surface area (Å²) in [5.74, 6) is 1.79. The van der Waals surface area contributed by atoms with E-state index in [1.54, 1.807) is 36.4 Å². The van der Waals surface area contributed by atoms with E-state index in [9.17, 15) is 13.5 Å². The van der Waals surface area contributed by atoms with Gasteiger partial charge in [0.05, 0.1) is 16.9 Å². The smallest absolute Gasteiger partial charge is 0.206 e. The van der Waals surface area contributed by atoms with Crippen LogP contribution in [0.25, 0.3) is 0 Å². The van der Waals surface area contributed by atoms with Crippen LogP contribution in [-0.2, 0) is 9.84 Å². The third kappa shape index (κ3) is 3.75. The molecule has 0 fully saturated rings. The maximum Gasteiger partial charge on any atom is 0.206 e. The number of aromatic hydroxyl groups is 1. The maximum absolute atomic E-state index is 12.6. The molecular formula is C19H16O5S. The Kier molecular flexibility index (Phi) is 4.63. The molecule has 128 valence electrons. The monoisotopic (exact) mass is 356 g/mol. The van der Waals surface area contributed by atoms with Crippen LogP contribution in [0.3, 0.4) is 0 Å². The van der Waals surface area contributed by atoms with E-state index in [2.05, 4.69) is 0 Å². The highest BCUT2D eigenvalue weighted by Gasteiger charge is 2.17. The van der Waals surface area contributed by atoms with E-state index in [1.165, 1.54) is 43.5 Å². The van der Waals surface area contributed by atoms with Gasteiger partial charge in [-0.1, -0.05) is 0 Å². The van der Waals surface area contributed by atoms with Gasteiger partial charge in [-0.25, -0.2) is 8.42 Å². The molecule has 1 N–H and O–H groups in total. The molecule has 3 aromatic rings. The van der Waals surface area contributed by atoms with Gasteiger partial charge in [-0.05, 0) is 72.8 Å². The number of ether oxygens (including phenoxy) is 2. The molecule has 0 amide bonds. The minimum Gasteiger partial charge on any atom is -0.508 e. The van der Waals surface area contributed by atoms with Crippen molar-refractivity contribution in [2.75, 3.05) is 7.11 Å². The third-order valence-electron chi connectivity index (χ3n) is 3.58. The SMILES string of the molecule is COc1ccc(S(=O)(=O)c2ccc(Oc3ccc(O)cc3)cc2)cc1. The van der Waals surface area contributed by atoms with E-state index in [0.29, 0.717) is 17.2 Å². The molecule has 6 heteroatoms. The predicted octanol–water partition coefficient (Wildman–Crippen LogP) is 4.03. The van der Waals surface area contributed by atoms with Crippen molar-refractivity contribution in [1.82, 2.24) is 0 Å². The Labute approximate surface area is 146 Å². The summed E-state index contributed by atoms with van der Waals surface area (Å²) in [6.45, 7) is 0. The van der Waals surface area contributed by atoms with Crippen LogP contribution in [0, 0.1) is 0 Å². The van der Waals surface area contributed by atoms with Crippen LogP contribution in [0.1, 0.15) is 0 Å². The standard InChI is InChI=1S/C19H16O5S/c1-23-15-6-10-18(11-7-15)25(21,22)19-12-8-17(9-13-19)24-16-4-2-14(20)3-5-16/h2-13,20H,1H3. The van der Waals surface area contributed by atoms with Crippen molar-refractivity contribution < 1.29 is 23.0 Å². The normalized spacial score (nSPS) is 11.1. The highest BCUT2D eigenvalue weighted by molar-refractivity contribution is 7.91. The molecule has 0 heterocycles. The largest absolute Gasteiger partial charge is 0.508 e. The quantitative estimate of drug-likeness (QED) is 0.747. The number of hydrogen-bond acceptors (Lipinski definition) is 5. The summed E-state index contributed by atoms with van der Waals surface area (Å²) in [6, 6.07) is 18.7. The van der Waals surface area contributed by atoms with Gasteiger partial charge in [0.1, 0.15) is 23.0 Å². The van der Waals surface area contributed by atoms with E-state index in [-0.39, 0.29) is 15.5 Å². The average Bonchev–Trinajstić information content (AvgIpc) is 2.64. The van der Waals surface area contributed by atoms with Gasteiger partial charge in [0.15, 0.2) is 0 Å². The molecule has 0 saturated heterocycles. The summed E-state index contributed by atoms with van der Waals surface area (Å²) >= 11 is 0. The molecule has 0 aliphatic heterocycles. The van der Waals surface area contributed by atoms with Crippen LogP contribution in [0.5, 0.6) is 23.0 Å². The molecule has 3 rings (SSSR count). The minimum atomic E-state index is -3.60. The number of phenolic OH excluding ortho intramolecular Hbond substituents is 1. The molecule has 0 bridgehead atoms.